The van der Waals surface area contributed by atoms with Gasteiger partial charge in [-0.05, 0) is 31.2 Å². The van der Waals surface area contributed by atoms with Gasteiger partial charge in [0.2, 0.25) is 10.0 Å². The molecule has 1 rings (SSSR count). The summed E-state index contributed by atoms with van der Waals surface area (Å²) >= 11 is 0. The van der Waals surface area contributed by atoms with E-state index in [4.69, 9.17) is 4.74 Å². The second-order valence-electron chi connectivity index (χ2n) is 3.94. The molecule has 2 N–H and O–H groups in total. The summed E-state index contributed by atoms with van der Waals surface area (Å²) in [6, 6.07) is 3.55. The summed E-state index contributed by atoms with van der Waals surface area (Å²) in [6.45, 7) is 3.65. The van der Waals surface area contributed by atoms with Gasteiger partial charge < -0.3 is 10.1 Å². The second-order valence-corrected chi connectivity index (χ2v) is 5.71. The lowest BCUT2D eigenvalue weighted by molar-refractivity contribution is 0.385. The summed E-state index contributed by atoms with van der Waals surface area (Å²) in [4.78, 5) is -0.110. The zero-order chi connectivity index (χ0) is 14.3. The van der Waals surface area contributed by atoms with Gasteiger partial charge >= 0.3 is 0 Å². The summed E-state index contributed by atoms with van der Waals surface area (Å²) < 4.78 is 44.3. The van der Waals surface area contributed by atoms with Gasteiger partial charge in [0.25, 0.3) is 0 Å². The molecular formula is C12H19FN2O3S. The lowest BCUT2D eigenvalue weighted by Gasteiger charge is -2.08. The maximum absolute atomic E-state index is 13.4. The van der Waals surface area contributed by atoms with E-state index >= 15 is 0 Å². The molecular weight excluding hydrogens is 271 g/mol. The zero-order valence-electron chi connectivity index (χ0n) is 11.1. The molecule has 0 aliphatic rings. The van der Waals surface area contributed by atoms with Crippen LogP contribution in [0.25, 0.3) is 0 Å². The van der Waals surface area contributed by atoms with Crippen LogP contribution < -0.4 is 14.8 Å². The molecule has 0 atom stereocenters. The van der Waals surface area contributed by atoms with Crippen LogP contribution in [0.4, 0.5) is 4.39 Å². The van der Waals surface area contributed by atoms with Crippen LogP contribution in [0, 0.1) is 5.82 Å². The van der Waals surface area contributed by atoms with Crippen LogP contribution in [0.1, 0.15) is 13.3 Å². The van der Waals surface area contributed by atoms with Gasteiger partial charge in [-0.2, -0.15) is 0 Å². The molecule has 0 unspecified atom stereocenters. The predicted octanol–water partition coefficient (Wildman–Crippen LogP) is 1.11. The average Bonchev–Trinajstić information content (AvgIpc) is 2.38. The van der Waals surface area contributed by atoms with Crippen LogP contribution in [0.15, 0.2) is 23.1 Å². The van der Waals surface area contributed by atoms with E-state index in [1.54, 1.807) is 0 Å². The third-order valence-corrected chi connectivity index (χ3v) is 3.91. The van der Waals surface area contributed by atoms with Crippen molar-refractivity contribution in [3.63, 3.8) is 0 Å². The topological polar surface area (TPSA) is 67.4 Å². The van der Waals surface area contributed by atoms with Gasteiger partial charge in [0.15, 0.2) is 11.6 Å². The molecule has 0 radical (unpaired) electrons. The minimum atomic E-state index is -3.68. The fraction of sp³-hybridized carbons (Fsp3) is 0.500. The Kier molecular flexibility index (Phi) is 6.20. The smallest absolute Gasteiger partial charge is 0.240 e. The fourth-order valence-electron chi connectivity index (χ4n) is 1.47. The molecule has 0 saturated heterocycles. The maximum Gasteiger partial charge on any atom is 0.240 e. The third-order valence-electron chi connectivity index (χ3n) is 2.45. The molecule has 0 aromatic heterocycles. The van der Waals surface area contributed by atoms with Crippen molar-refractivity contribution >= 4 is 10.0 Å². The normalized spacial score (nSPS) is 11.5. The SMILES string of the molecule is CCCNCCNS(=O)(=O)c1ccc(OC)c(F)c1. The van der Waals surface area contributed by atoms with E-state index in [1.807, 2.05) is 6.92 Å². The first-order chi connectivity index (χ1) is 9.01. The molecule has 19 heavy (non-hydrogen) atoms. The highest BCUT2D eigenvalue weighted by molar-refractivity contribution is 7.89. The molecule has 0 saturated carbocycles. The Morgan fingerprint density at radius 3 is 2.58 bits per heavy atom. The van der Waals surface area contributed by atoms with Gasteiger partial charge in [-0.15, -0.1) is 0 Å². The number of sulfonamides is 1. The van der Waals surface area contributed by atoms with Crippen molar-refractivity contribution in [1.29, 1.82) is 0 Å². The van der Waals surface area contributed by atoms with Gasteiger partial charge in [0, 0.05) is 13.1 Å². The van der Waals surface area contributed by atoms with E-state index in [0.717, 1.165) is 19.0 Å². The standard InChI is InChI=1S/C12H19FN2O3S/c1-3-6-14-7-8-15-19(16,17)10-4-5-12(18-2)11(13)9-10/h4-5,9,14-15H,3,6-8H2,1-2H3. The second kappa shape index (κ2) is 7.42. The van der Waals surface area contributed by atoms with Crippen molar-refractivity contribution < 1.29 is 17.5 Å². The highest BCUT2D eigenvalue weighted by Crippen LogP contribution is 2.20. The van der Waals surface area contributed by atoms with Crippen molar-refractivity contribution in [2.45, 2.75) is 18.2 Å². The largest absolute Gasteiger partial charge is 0.494 e. The molecule has 0 heterocycles. The number of halogens is 1. The van der Waals surface area contributed by atoms with Gasteiger partial charge in [0.05, 0.1) is 12.0 Å². The molecule has 0 aliphatic heterocycles. The van der Waals surface area contributed by atoms with Crippen LogP contribution in [0.2, 0.25) is 0 Å². The Bertz CT molecular complexity index is 506. The maximum atomic E-state index is 13.4. The molecule has 0 fully saturated rings. The molecule has 0 amide bonds. The van der Waals surface area contributed by atoms with E-state index < -0.39 is 15.8 Å². The first-order valence-corrected chi connectivity index (χ1v) is 7.53. The first kappa shape index (κ1) is 15.9. The Labute approximate surface area is 113 Å². The van der Waals surface area contributed by atoms with Crippen LogP contribution in [0.5, 0.6) is 5.75 Å². The van der Waals surface area contributed by atoms with E-state index in [0.29, 0.717) is 6.54 Å². The van der Waals surface area contributed by atoms with Crippen LogP contribution in [0.3, 0.4) is 0 Å². The lowest BCUT2D eigenvalue weighted by atomic mass is 10.3. The van der Waals surface area contributed by atoms with E-state index in [9.17, 15) is 12.8 Å². The number of methoxy groups -OCH3 is 1. The zero-order valence-corrected chi connectivity index (χ0v) is 11.9. The van der Waals surface area contributed by atoms with Crippen molar-refractivity contribution in [3.05, 3.63) is 24.0 Å². The minimum absolute atomic E-state index is 0.0172. The van der Waals surface area contributed by atoms with Crippen molar-refractivity contribution in [3.8, 4) is 5.75 Å². The van der Waals surface area contributed by atoms with Gasteiger partial charge in [-0.25, -0.2) is 17.5 Å². The van der Waals surface area contributed by atoms with Crippen molar-refractivity contribution in [2.24, 2.45) is 0 Å². The fourth-order valence-corrected chi connectivity index (χ4v) is 2.52. The molecule has 5 nitrogen and oxygen atoms in total. The quantitative estimate of drug-likeness (QED) is 0.704. The van der Waals surface area contributed by atoms with Gasteiger partial charge in [-0.1, -0.05) is 6.92 Å². The Morgan fingerprint density at radius 1 is 1.26 bits per heavy atom. The molecule has 1 aromatic carbocycles. The van der Waals surface area contributed by atoms with Crippen molar-refractivity contribution in [1.82, 2.24) is 10.0 Å². The highest BCUT2D eigenvalue weighted by Gasteiger charge is 2.15. The molecule has 0 bridgehead atoms. The van der Waals surface area contributed by atoms with Crippen molar-refractivity contribution in [2.75, 3.05) is 26.7 Å². The predicted molar refractivity (Wildman–Crippen MR) is 71.3 cm³/mol. The molecule has 1 aromatic rings. The number of rotatable bonds is 8. The summed E-state index contributed by atoms with van der Waals surface area (Å²) in [5, 5.41) is 3.07. The van der Waals surface area contributed by atoms with E-state index in [-0.39, 0.29) is 17.2 Å². The number of hydrogen-bond acceptors (Lipinski definition) is 4. The van der Waals surface area contributed by atoms with E-state index in [1.165, 1.54) is 19.2 Å². The van der Waals surface area contributed by atoms with Gasteiger partial charge in [0.1, 0.15) is 0 Å². The summed E-state index contributed by atoms with van der Waals surface area (Å²) in [7, 11) is -2.36. The number of benzene rings is 1. The lowest BCUT2D eigenvalue weighted by Crippen LogP contribution is -2.32. The Balaban J connectivity index is 2.64. The monoisotopic (exact) mass is 290 g/mol. The molecule has 0 spiro atoms. The molecule has 7 heteroatoms. The Morgan fingerprint density at radius 2 is 2.00 bits per heavy atom. The van der Waals surface area contributed by atoms with Crippen LogP contribution >= 0.6 is 0 Å². The number of hydrogen-bond donors (Lipinski definition) is 2. The highest BCUT2D eigenvalue weighted by atomic mass is 32.2. The summed E-state index contributed by atoms with van der Waals surface area (Å²) in [6.07, 6.45) is 0.983. The minimum Gasteiger partial charge on any atom is -0.494 e. The van der Waals surface area contributed by atoms with Gasteiger partial charge in [-0.3, -0.25) is 0 Å². The van der Waals surface area contributed by atoms with E-state index in [2.05, 4.69) is 10.0 Å². The van der Waals surface area contributed by atoms with Crippen LogP contribution in [-0.4, -0.2) is 35.2 Å². The third kappa shape index (κ3) is 4.77. The van der Waals surface area contributed by atoms with Crippen LogP contribution in [-0.2, 0) is 10.0 Å². The number of ether oxygens (including phenoxy) is 1. The first-order valence-electron chi connectivity index (χ1n) is 6.05. The average molecular weight is 290 g/mol. The molecule has 108 valence electrons. The number of nitrogens with one attached hydrogen (secondary N) is 2. The molecule has 0 aliphatic carbocycles. The summed E-state index contributed by atoms with van der Waals surface area (Å²) in [5.74, 6) is -0.682. The summed E-state index contributed by atoms with van der Waals surface area (Å²) in [5.41, 5.74) is 0. The Hall–Kier alpha value is -1.18.